The highest BCUT2D eigenvalue weighted by Gasteiger charge is 2.51. The van der Waals surface area contributed by atoms with Crippen LogP contribution in [0.2, 0.25) is 0 Å². The molecule has 0 bridgehead atoms. The maximum atomic E-state index is 13.4. The first-order valence-electron chi connectivity index (χ1n) is 4.05. The standard InChI is InChI=1S/C8H12F2/c9-7-3-2-6(7)8(10)4-1-5-8/h6-7H,1-5H2. The lowest BCUT2D eigenvalue weighted by Gasteiger charge is -2.47. The first kappa shape index (κ1) is 6.56. The number of hydrogen-bond donors (Lipinski definition) is 0. The number of rotatable bonds is 1. The average Bonchev–Trinajstić information content (AvgIpc) is 1.81. The van der Waals surface area contributed by atoms with Gasteiger partial charge in [0.25, 0.3) is 0 Å². The number of hydrogen-bond acceptors (Lipinski definition) is 0. The van der Waals surface area contributed by atoms with E-state index in [1.165, 1.54) is 0 Å². The Morgan fingerprint density at radius 3 is 2.00 bits per heavy atom. The lowest BCUT2D eigenvalue weighted by atomic mass is 9.63. The van der Waals surface area contributed by atoms with E-state index in [4.69, 9.17) is 0 Å². The summed E-state index contributed by atoms with van der Waals surface area (Å²) in [6, 6.07) is 0. The van der Waals surface area contributed by atoms with Crippen LogP contribution in [0, 0.1) is 5.92 Å². The molecular weight excluding hydrogens is 134 g/mol. The third-order valence-corrected chi connectivity index (χ3v) is 3.04. The average molecular weight is 146 g/mol. The van der Waals surface area contributed by atoms with E-state index in [1.54, 1.807) is 0 Å². The summed E-state index contributed by atoms with van der Waals surface area (Å²) in [5, 5.41) is 0. The fourth-order valence-electron chi connectivity index (χ4n) is 1.93. The van der Waals surface area contributed by atoms with Crippen LogP contribution in [-0.4, -0.2) is 11.8 Å². The summed E-state index contributed by atoms with van der Waals surface area (Å²) >= 11 is 0. The third kappa shape index (κ3) is 0.708. The van der Waals surface area contributed by atoms with E-state index in [9.17, 15) is 8.78 Å². The van der Waals surface area contributed by atoms with Crippen molar-refractivity contribution in [2.45, 2.75) is 43.9 Å². The lowest BCUT2D eigenvalue weighted by molar-refractivity contribution is -0.0808. The van der Waals surface area contributed by atoms with Crippen molar-refractivity contribution in [2.75, 3.05) is 0 Å². The van der Waals surface area contributed by atoms with E-state index < -0.39 is 11.8 Å². The Morgan fingerprint density at radius 2 is 1.90 bits per heavy atom. The molecule has 0 aromatic rings. The van der Waals surface area contributed by atoms with Crippen LogP contribution >= 0.6 is 0 Å². The van der Waals surface area contributed by atoms with Gasteiger partial charge < -0.3 is 0 Å². The van der Waals surface area contributed by atoms with Gasteiger partial charge in [0, 0.05) is 5.92 Å². The van der Waals surface area contributed by atoms with Crippen molar-refractivity contribution in [1.29, 1.82) is 0 Å². The first-order valence-corrected chi connectivity index (χ1v) is 4.05. The SMILES string of the molecule is FC1CCC1C1(F)CCC1. The van der Waals surface area contributed by atoms with Crippen molar-refractivity contribution in [3.63, 3.8) is 0 Å². The Bertz CT molecular complexity index is 140. The summed E-state index contributed by atoms with van der Waals surface area (Å²) < 4.78 is 26.0. The predicted molar refractivity (Wildman–Crippen MR) is 35.3 cm³/mol. The van der Waals surface area contributed by atoms with Gasteiger partial charge in [0.15, 0.2) is 0 Å². The number of halogens is 2. The highest BCUT2D eigenvalue weighted by molar-refractivity contribution is 5.01. The highest BCUT2D eigenvalue weighted by Crippen LogP contribution is 2.51. The summed E-state index contributed by atoms with van der Waals surface area (Å²) in [5.41, 5.74) is -1.09. The molecule has 0 aliphatic heterocycles. The van der Waals surface area contributed by atoms with Gasteiger partial charge in [-0.1, -0.05) is 0 Å². The Balaban J connectivity index is 1.97. The van der Waals surface area contributed by atoms with Crippen molar-refractivity contribution < 1.29 is 8.78 Å². The smallest absolute Gasteiger partial charge is 0.116 e. The Kier molecular flexibility index (Phi) is 1.26. The van der Waals surface area contributed by atoms with Gasteiger partial charge in [-0.15, -0.1) is 0 Å². The van der Waals surface area contributed by atoms with Crippen LogP contribution in [0.4, 0.5) is 8.78 Å². The largest absolute Gasteiger partial charge is 0.247 e. The molecule has 2 saturated carbocycles. The van der Waals surface area contributed by atoms with Gasteiger partial charge in [-0.2, -0.15) is 0 Å². The van der Waals surface area contributed by atoms with Crippen LogP contribution < -0.4 is 0 Å². The lowest BCUT2D eigenvalue weighted by Crippen LogP contribution is -2.49. The second-order valence-electron chi connectivity index (χ2n) is 3.59. The van der Waals surface area contributed by atoms with E-state index in [0.717, 1.165) is 12.8 Å². The maximum Gasteiger partial charge on any atom is 0.116 e. The molecule has 0 aromatic carbocycles. The fraction of sp³-hybridized carbons (Fsp3) is 1.00. The molecule has 0 heterocycles. The van der Waals surface area contributed by atoms with Crippen molar-refractivity contribution in [3.8, 4) is 0 Å². The van der Waals surface area contributed by atoms with E-state index in [-0.39, 0.29) is 5.92 Å². The van der Waals surface area contributed by atoms with Crippen molar-refractivity contribution in [1.82, 2.24) is 0 Å². The molecule has 2 aliphatic rings. The van der Waals surface area contributed by atoms with Crippen LogP contribution in [0.25, 0.3) is 0 Å². The Labute approximate surface area is 59.6 Å². The monoisotopic (exact) mass is 146 g/mol. The summed E-state index contributed by atoms with van der Waals surface area (Å²) in [7, 11) is 0. The van der Waals surface area contributed by atoms with E-state index >= 15 is 0 Å². The molecule has 2 aliphatic carbocycles. The highest BCUT2D eigenvalue weighted by atomic mass is 19.2. The zero-order chi connectivity index (χ0) is 7.19. The molecule has 2 fully saturated rings. The molecule has 10 heavy (non-hydrogen) atoms. The Morgan fingerprint density at radius 1 is 1.20 bits per heavy atom. The van der Waals surface area contributed by atoms with Gasteiger partial charge >= 0.3 is 0 Å². The van der Waals surface area contributed by atoms with Gasteiger partial charge in [0.2, 0.25) is 0 Å². The molecule has 2 atom stereocenters. The molecule has 2 unspecified atom stereocenters. The number of alkyl halides is 2. The topological polar surface area (TPSA) is 0 Å². The van der Waals surface area contributed by atoms with Crippen LogP contribution in [-0.2, 0) is 0 Å². The molecule has 2 rings (SSSR count). The fourth-order valence-corrected chi connectivity index (χ4v) is 1.93. The van der Waals surface area contributed by atoms with Gasteiger partial charge in [0.1, 0.15) is 11.8 Å². The molecule has 0 radical (unpaired) electrons. The molecule has 2 heteroatoms. The zero-order valence-electron chi connectivity index (χ0n) is 5.95. The van der Waals surface area contributed by atoms with E-state index in [0.29, 0.717) is 19.3 Å². The van der Waals surface area contributed by atoms with Crippen LogP contribution in [0.5, 0.6) is 0 Å². The summed E-state index contributed by atoms with van der Waals surface area (Å²) in [5.74, 6) is -0.235. The third-order valence-electron chi connectivity index (χ3n) is 3.04. The zero-order valence-corrected chi connectivity index (χ0v) is 5.95. The van der Waals surface area contributed by atoms with Gasteiger partial charge in [-0.25, -0.2) is 8.78 Å². The van der Waals surface area contributed by atoms with Gasteiger partial charge in [-0.3, -0.25) is 0 Å². The molecule has 0 amide bonds. The van der Waals surface area contributed by atoms with Crippen LogP contribution in [0.1, 0.15) is 32.1 Å². The summed E-state index contributed by atoms with van der Waals surface area (Å²) in [4.78, 5) is 0. The first-order chi connectivity index (χ1) is 4.72. The molecule has 58 valence electrons. The second-order valence-corrected chi connectivity index (χ2v) is 3.59. The second kappa shape index (κ2) is 1.93. The molecular formula is C8H12F2. The maximum absolute atomic E-state index is 13.4. The minimum absolute atomic E-state index is 0.235. The summed E-state index contributed by atoms with van der Waals surface area (Å²) in [6.07, 6.45) is 2.72. The molecule has 0 nitrogen and oxygen atoms in total. The summed E-state index contributed by atoms with van der Waals surface area (Å²) in [6.45, 7) is 0. The van der Waals surface area contributed by atoms with Crippen LogP contribution in [0.15, 0.2) is 0 Å². The van der Waals surface area contributed by atoms with Crippen LogP contribution in [0.3, 0.4) is 0 Å². The van der Waals surface area contributed by atoms with Gasteiger partial charge in [-0.05, 0) is 32.1 Å². The van der Waals surface area contributed by atoms with E-state index in [1.807, 2.05) is 0 Å². The minimum atomic E-state index is -1.09. The predicted octanol–water partition coefficient (Wildman–Crippen LogP) is 2.63. The molecule has 0 aromatic heterocycles. The normalized spacial score (nSPS) is 43.8. The van der Waals surface area contributed by atoms with Gasteiger partial charge in [0.05, 0.1) is 0 Å². The Hall–Kier alpha value is -0.140. The quantitative estimate of drug-likeness (QED) is 0.533. The van der Waals surface area contributed by atoms with Crippen molar-refractivity contribution >= 4 is 0 Å². The minimum Gasteiger partial charge on any atom is -0.247 e. The van der Waals surface area contributed by atoms with Crippen molar-refractivity contribution in [2.24, 2.45) is 5.92 Å². The molecule has 0 N–H and O–H groups in total. The van der Waals surface area contributed by atoms with E-state index in [2.05, 4.69) is 0 Å². The van der Waals surface area contributed by atoms with Crippen molar-refractivity contribution in [3.05, 3.63) is 0 Å². The molecule has 0 spiro atoms. The molecule has 0 saturated heterocycles.